The summed E-state index contributed by atoms with van der Waals surface area (Å²) in [5, 5.41) is 2.29. The van der Waals surface area contributed by atoms with Crippen LogP contribution in [0.25, 0.3) is 0 Å². The number of aldehydes is 1. The quantitative estimate of drug-likeness (QED) is 0.356. The van der Waals surface area contributed by atoms with Gasteiger partial charge in [0.25, 0.3) is 8.32 Å². The van der Waals surface area contributed by atoms with Crippen molar-refractivity contribution in [1.82, 2.24) is 0 Å². The monoisotopic (exact) mass is 416 g/mol. The lowest BCUT2D eigenvalue weighted by Gasteiger charge is -2.44. The van der Waals surface area contributed by atoms with Crippen molar-refractivity contribution in [2.24, 2.45) is 0 Å². The highest BCUT2D eigenvalue weighted by molar-refractivity contribution is 6.99. The van der Waals surface area contributed by atoms with Gasteiger partial charge in [-0.25, -0.2) is 0 Å². The van der Waals surface area contributed by atoms with E-state index in [-0.39, 0.29) is 5.04 Å². The molecule has 1 unspecified atom stereocenters. The number of carbonyl (C=O) groups excluding carboxylic acids is 1. The van der Waals surface area contributed by atoms with Crippen molar-refractivity contribution in [3.63, 3.8) is 0 Å². The molecule has 0 heterocycles. The fourth-order valence-electron chi connectivity index (χ4n) is 4.23. The molecular formula is C27H32O2Si. The van der Waals surface area contributed by atoms with E-state index in [2.05, 4.69) is 93.6 Å². The van der Waals surface area contributed by atoms with E-state index in [9.17, 15) is 4.79 Å². The van der Waals surface area contributed by atoms with Crippen LogP contribution in [0.5, 0.6) is 0 Å². The zero-order valence-electron chi connectivity index (χ0n) is 18.3. The van der Waals surface area contributed by atoms with Crippen molar-refractivity contribution in [3.8, 4) is 0 Å². The minimum absolute atomic E-state index is 0.129. The average Bonchev–Trinajstić information content (AvgIpc) is 2.77. The Morgan fingerprint density at radius 2 is 1.27 bits per heavy atom. The molecule has 0 spiro atoms. The molecule has 0 amide bonds. The van der Waals surface area contributed by atoms with Crippen LogP contribution in [0, 0.1) is 0 Å². The third-order valence-corrected chi connectivity index (χ3v) is 10.8. The smallest absolute Gasteiger partial charge is 0.262 e. The minimum Gasteiger partial charge on any atom is -0.398 e. The van der Waals surface area contributed by atoms with Gasteiger partial charge in [-0.1, -0.05) is 112 Å². The minimum atomic E-state index is -2.69. The third-order valence-electron chi connectivity index (χ3n) is 5.69. The molecule has 0 aliphatic carbocycles. The van der Waals surface area contributed by atoms with Crippen LogP contribution in [0.4, 0.5) is 0 Å². The number of aryl methyl sites for hydroxylation is 1. The maximum absolute atomic E-state index is 12.1. The number of hydrogen-bond acceptors (Lipinski definition) is 2. The van der Waals surface area contributed by atoms with Gasteiger partial charge >= 0.3 is 0 Å². The number of hydrogen-bond donors (Lipinski definition) is 0. The van der Waals surface area contributed by atoms with Gasteiger partial charge in [0.15, 0.2) is 0 Å². The second-order valence-electron chi connectivity index (χ2n) is 8.83. The Bertz CT molecular complexity index is 862. The molecule has 0 N–H and O–H groups in total. The van der Waals surface area contributed by atoms with Gasteiger partial charge in [0.05, 0.1) is 0 Å². The lowest BCUT2D eigenvalue weighted by Crippen LogP contribution is -2.67. The molecule has 0 aliphatic heterocycles. The van der Waals surface area contributed by atoms with Crippen molar-refractivity contribution >= 4 is 25.0 Å². The summed E-state index contributed by atoms with van der Waals surface area (Å²) in [5.41, 5.74) is 1.30. The lowest BCUT2D eigenvalue weighted by molar-refractivity contribution is -0.114. The second-order valence-corrected chi connectivity index (χ2v) is 13.1. The molecule has 3 aromatic carbocycles. The van der Waals surface area contributed by atoms with Gasteiger partial charge in [-0.05, 0) is 40.2 Å². The van der Waals surface area contributed by atoms with Crippen LogP contribution in [0.15, 0.2) is 91.0 Å². The van der Waals surface area contributed by atoms with Crippen LogP contribution in [0.2, 0.25) is 5.04 Å². The molecule has 156 valence electrons. The van der Waals surface area contributed by atoms with E-state index in [1.54, 1.807) is 0 Å². The summed E-state index contributed by atoms with van der Waals surface area (Å²) in [6, 6.07) is 31.4. The van der Waals surface area contributed by atoms with Crippen molar-refractivity contribution < 1.29 is 9.22 Å². The van der Waals surface area contributed by atoms with E-state index in [0.29, 0.717) is 0 Å². The molecule has 0 fully saturated rings. The molecule has 3 aromatic rings. The molecular weight excluding hydrogens is 384 g/mol. The van der Waals surface area contributed by atoms with Crippen molar-refractivity contribution in [3.05, 3.63) is 96.6 Å². The summed E-state index contributed by atoms with van der Waals surface area (Å²) < 4.78 is 6.93. The van der Waals surface area contributed by atoms with E-state index < -0.39 is 14.4 Å². The zero-order valence-corrected chi connectivity index (χ0v) is 19.3. The summed E-state index contributed by atoms with van der Waals surface area (Å²) in [5.74, 6) is 0. The molecule has 3 heteroatoms. The van der Waals surface area contributed by atoms with Gasteiger partial charge in [-0.3, -0.25) is 0 Å². The third kappa shape index (κ3) is 4.97. The molecule has 3 rings (SSSR count). The predicted molar refractivity (Wildman–Crippen MR) is 128 cm³/mol. The average molecular weight is 417 g/mol. The summed E-state index contributed by atoms with van der Waals surface area (Å²) in [7, 11) is -2.69. The largest absolute Gasteiger partial charge is 0.398 e. The molecule has 30 heavy (non-hydrogen) atoms. The Labute approximate surface area is 182 Å². The Morgan fingerprint density at radius 1 is 0.800 bits per heavy atom. The van der Waals surface area contributed by atoms with Crippen LogP contribution in [-0.4, -0.2) is 20.7 Å². The summed E-state index contributed by atoms with van der Waals surface area (Å²) in [6.45, 7) is 6.72. The first-order chi connectivity index (χ1) is 14.5. The van der Waals surface area contributed by atoms with E-state index in [1.807, 2.05) is 18.2 Å². The molecule has 0 aromatic heterocycles. The number of benzene rings is 3. The molecule has 2 nitrogen and oxygen atoms in total. The van der Waals surface area contributed by atoms with Crippen molar-refractivity contribution in [2.75, 3.05) is 0 Å². The molecule has 0 radical (unpaired) electrons. The zero-order chi connectivity index (χ0) is 21.5. The summed E-state index contributed by atoms with van der Waals surface area (Å²) in [6.07, 6.45) is 3.19. The van der Waals surface area contributed by atoms with Gasteiger partial charge in [0.1, 0.15) is 12.4 Å². The standard InChI is InChI=1S/C27H32O2Si/c1-27(2,3)30(25-18-9-5-10-19-25,26-20-11-6-12-21-26)29-24(22-28)17-13-16-23-14-7-4-8-15-23/h4-12,14-15,18-22,24H,13,16-17H2,1-3H3. The fourth-order valence-corrected chi connectivity index (χ4v) is 8.87. The van der Waals surface area contributed by atoms with Gasteiger partial charge < -0.3 is 9.22 Å². The van der Waals surface area contributed by atoms with E-state index in [0.717, 1.165) is 25.5 Å². The highest BCUT2D eigenvalue weighted by Crippen LogP contribution is 2.37. The van der Waals surface area contributed by atoms with Gasteiger partial charge in [0, 0.05) is 0 Å². The van der Waals surface area contributed by atoms with Crippen molar-refractivity contribution in [2.45, 2.75) is 51.2 Å². The van der Waals surface area contributed by atoms with Crippen LogP contribution in [-0.2, 0) is 15.6 Å². The molecule has 1 atom stereocenters. The Balaban J connectivity index is 1.92. The molecule has 0 saturated heterocycles. The predicted octanol–water partition coefficient (Wildman–Crippen LogP) is 5.15. The molecule has 0 aliphatic rings. The topological polar surface area (TPSA) is 26.3 Å². The maximum Gasteiger partial charge on any atom is 0.262 e. The first-order valence-electron chi connectivity index (χ1n) is 10.8. The summed E-state index contributed by atoms with van der Waals surface area (Å²) in [4.78, 5) is 12.1. The Hall–Kier alpha value is -2.49. The molecule has 0 saturated carbocycles. The van der Waals surface area contributed by atoms with Crippen molar-refractivity contribution in [1.29, 1.82) is 0 Å². The highest BCUT2D eigenvalue weighted by atomic mass is 28.4. The Kier molecular flexibility index (Phi) is 7.41. The first kappa shape index (κ1) is 22.2. The van der Waals surface area contributed by atoms with Crippen LogP contribution in [0.3, 0.4) is 0 Å². The van der Waals surface area contributed by atoms with Gasteiger partial charge in [-0.15, -0.1) is 0 Å². The van der Waals surface area contributed by atoms with Gasteiger partial charge in [-0.2, -0.15) is 0 Å². The first-order valence-corrected chi connectivity index (χ1v) is 12.7. The van der Waals surface area contributed by atoms with Crippen LogP contribution in [0.1, 0.15) is 39.2 Å². The fraction of sp³-hybridized carbons (Fsp3) is 0.296. The molecule has 0 bridgehead atoms. The van der Waals surface area contributed by atoms with E-state index in [4.69, 9.17) is 4.43 Å². The van der Waals surface area contributed by atoms with E-state index in [1.165, 1.54) is 15.9 Å². The highest BCUT2D eigenvalue weighted by Gasteiger charge is 2.51. The lowest BCUT2D eigenvalue weighted by atomic mass is 10.1. The summed E-state index contributed by atoms with van der Waals surface area (Å²) >= 11 is 0. The maximum atomic E-state index is 12.1. The second kappa shape index (κ2) is 10.0. The SMILES string of the molecule is CC(C)(C)[Si](OC(C=O)CCCc1ccccc1)(c1ccccc1)c1ccccc1. The number of rotatable bonds is 9. The van der Waals surface area contributed by atoms with Crippen LogP contribution < -0.4 is 10.4 Å². The normalized spacial score (nSPS) is 13.0. The van der Waals surface area contributed by atoms with E-state index >= 15 is 0 Å². The number of carbonyl (C=O) groups is 1. The van der Waals surface area contributed by atoms with Gasteiger partial charge in [0.2, 0.25) is 0 Å². The Morgan fingerprint density at radius 3 is 1.70 bits per heavy atom. The van der Waals surface area contributed by atoms with Crippen LogP contribution >= 0.6 is 0 Å².